The molecule has 1 atom stereocenters. The van der Waals surface area contributed by atoms with Crippen LogP contribution >= 0.6 is 0 Å². The summed E-state index contributed by atoms with van der Waals surface area (Å²) in [4.78, 5) is 28.6. The van der Waals surface area contributed by atoms with E-state index >= 15 is 0 Å². The van der Waals surface area contributed by atoms with Gasteiger partial charge in [0.2, 0.25) is 11.8 Å². The van der Waals surface area contributed by atoms with Gasteiger partial charge in [0.25, 0.3) is 10.0 Å². The number of benzene rings is 3. The third-order valence-electron chi connectivity index (χ3n) is 6.91. The van der Waals surface area contributed by atoms with Gasteiger partial charge in [0.1, 0.15) is 24.1 Å². The lowest BCUT2D eigenvalue weighted by molar-refractivity contribution is -0.139. The number of amides is 2. The maximum atomic E-state index is 14.4. The van der Waals surface area contributed by atoms with Gasteiger partial charge in [0.15, 0.2) is 11.5 Å². The quantitative estimate of drug-likeness (QED) is 0.283. The maximum Gasteiger partial charge on any atom is 0.265 e. The molecule has 3 aromatic carbocycles. The number of hydrogen-bond acceptors (Lipinski definition) is 8. The summed E-state index contributed by atoms with van der Waals surface area (Å²) in [6.07, 6.45) is 0. The molecule has 0 unspecified atom stereocenters. The SMILES string of the molecule is COc1ccc(OC)c(N(CC(=O)N(Cc2cccc(C)c2)[C@H](C)C(=O)NC(C)C)S(=O)(=O)c2ccc(OC)c(OC)c2)c1. The Hall–Kier alpha value is -4.45. The van der Waals surface area contributed by atoms with Gasteiger partial charge in [-0.15, -0.1) is 0 Å². The summed E-state index contributed by atoms with van der Waals surface area (Å²) >= 11 is 0. The largest absolute Gasteiger partial charge is 0.497 e. The second-order valence-electron chi connectivity index (χ2n) is 10.4. The van der Waals surface area contributed by atoms with Crippen LogP contribution in [0.2, 0.25) is 0 Å². The van der Waals surface area contributed by atoms with Crippen LogP contribution in [-0.4, -0.2) is 72.2 Å². The maximum absolute atomic E-state index is 14.4. The number of aryl methyl sites for hydroxylation is 1. The average Bonchev–Trinajstić information content (AvgIpc) is 3.00. The number of anilines is 1. The third-order valence-corrected chi connectivity index (χ3v) is 8.67. The predicted octanol–water partition coefficient (Wildman–Crippen LogP) is 4.17. The molecule has 0 saturated carbocycles. The molecule has 0 bridgehead atoms. The van der Waals surface area contributed by atoms with Gasteiger partial charge >= 0.3 is 0 Å². The first kappa shape index (κ1) is 34.0. The molecule has 1 N–H and O–H groups in total. The number of carbonyl (C=O) groups is 2. The zero-order valence-electron chi connectivity index (χ0n) is 26.4. The Morgan fingerprint density at radius 2 is 1.48 bits per heavy atom. The topological polar surface area (TPSA) is 124 Å². The second kappa shape index (κ2) is 14.8. The molecule has 11 nitrogen and oxygen atoms in total. The number of hydrogen-bond donors (Lipinski definition) is 1. The van der Waals surface area contributed by atoms with Gasteiger partial charge in [-0.1, -0.05) is 29.8 Å². The van der Waals surface area contributed by atoms with Gasteiger partial charge in [0, 0.05) is 24.7 Å². The van der Waals surface area contributed by atoms with E-state index in [1.165, 1.54) is 57.6 Å². The van der Waals surface area contributed by atoms with Crippen LogP contribution in [0.25, 0.3) is 0 Å². The van der Waals surface area contributed by atoms with Gasteiger partial charge < -0.3 is 29.2 Å². The lowest BCUT2D eigenvalue weighted by Gasteiger charge is -2.33. The van der Waals surface area contributed by atoms with E-state index in [9.17, 15) is 18.0 Å². The van der Waals surface area contributed by atoms with Crippen molar-refractivity contribution in [2.24, 2.45) is 0 Å². The van der Waals surface area contributed by atoms with E-state index in [0.717, 1.165) is 15.4 Å². The molecule has 0 radical (unpaired) electrons. The van der Waals surface area contributed by atoms with E-state index in [2.05, 4.69) is 5.32 Å². The highest BCUT2D eigenvalue weighted by Gasteiger charge is 2.34. The summed E-state index contributed by atoms with van der Waals surface area (Å²) < 4.78 is 51.2. The van der Waals surface area contributed by atoms with Crippen LogP contribution in [0.4, 0.5) is 5.69 Å². The minimum absolute atomic E-state index is 0.0739. The van der Waals surface area contributed by atoms with Crippen molar-refractivity contribution in [3.63, 3.8) is 0 Å². The molecule has 3 aromatic rings. The van der Waals surface area contributed by atoms with Crippen molar-refractivity contribution in [1.29, 1.82) is 0 Å². The monoisotopic (exact) mass is 627 g/mol. The van der Waals surface area contributed by atoms with Gasteiger partial charge in [-0.3, -0.25) is 13.9 Å². The Kier molecular flexibility index (Phi) is 11.5. The van der Waals surface area contributed by atoms with Crippen LogP contribution < -0.4 is 28.6 Å². The first-order valence-corrected chi connectivity index (χ1v) is 15.4. The van der Waals surface area contributed by atoms with Crippen LogP contribution in [0, 0.1) is 6.92 Å². The zero-order valence-corrected chi connectivity index (χ0v) is 27.2. The van der Waals surface area contributed by atoms with Gasteiger partial charge in [-0.05, 0) is 57.5 Å². The highest BCUT2D eigenvalue weighted by molar-refractivity contribution is 7.92. The van der Waals surface area contributed by atoms with Crippen molar-refractivity contribution < 1.29 is 37.0 Å². The average molecular weight is 628 g/mol. The Morgan fingerprint density at radius 3 is 2.07 bits per heavy atom. The number of nitrogens with zero attached hydrogens (tertiary/aromatic N) is 2. The molecule has 0 aliphatic carbocycles. The van der Waals surface area contributed by atoms with E-state index in [1.807, 2.05) is 45.0 Å². The fraction of sp³-hybridized carbons (Fsp3) is 0.375. The summed E-state index contributed by atoms with van der Waals surface area (Å²) in [5.41, 5.74) is 1.84. The summed E-state index contributed by atoms with van der Waals surface area (Å²) in [5, 5.41) is 2.85. The Balaban J connectivity index is 2.18. The predicted molar refractivity (Wildman–Crippen MR) is 168 cm³/mol. The van der Waals surface area contributed by atoms with Crippen LogP contribution in [0.15, 0.2) is 65.6 Å². The molecule has 2 amide bonds. The van der Waals surface area contributed by atoms with Crippen LogP contribution in [0.5, 0.6) is 23.0 Å². The number of methoxy groups -OCH3 is 4. The van der Waals surface area contributed by atoms with Crippen molar-refractivity contribution in [2.45, 2.75) is 51.2 Å². The molecule has 0 aliphatic heterocycles. The fourth-order valence-corrected chi connectivity index (χ4v) is 6.04. The molecular weight excluding hydrogens is 586 g/mol. The van der Waals surface area contributed by atoms with Crippen molar-refractivity contribution in [3.05, 3.63) is 71.8 Å². The number of sulfonamides is 1. The molecule has 238 valence electrons. The molecule has 3 rings (SSSR count). The summed E-state index contributed by atoms with van der Waals surface area (Å²) in [6, 6.07) is 15.3. The Morgan fingerprint density at radius 1 is 0.818 bits per heavy atom. The summed E-state index contributed by atoms with van der Waals surface area (Å²) in [6.45, 7) is 6.62. The highest BCUT2D eigenvalue weighted by atomic mass is 32.2. The first-order chi connectivity index (χ1) is 20.9. The van der Waals surface area contributed by atoms with Crippen molar-refractivity contribution in [2.75, 3.05) is 39.3 Å². The molecule has 44 heavy (non-hydrogen) atoms. The highest BCUT2D eigenvalue weighted by Crippen LogP contribution is 2.37. The number of rotatable bonds is 14. The summed E-state index contributed by atoms with van der Waals surface area (Å²) in [5.74, 6) is 0.0986. The fourth-order valence-electron chi connectivity index (χ4n) is 4.60. The Labute approximate surface area is 259 Å². The summed E-state index contributed by atoms with van der Waals surface area (Å²) in [7, 11) is 1.26. The third kappa shape index (κ3) is 7.93. The van der Waals surface area contributed by atoms with Crippen LogP contribution in [-0.2, 0) is 26.2 Å². The van der Waals surface area contributed by atoms with E-state index < -0.39 is 28.5 Å². The van der Waals surface area contributed by atoms with E-state index in [1.54, 1.807) is 19.1 Å². The van der Waals surface area contributed by atoms with Gasteiger partial charge in [-0.2, -0.15) is 0 Å². The molecular formula is C32H41N3O8S. The number of carbonyl (C=O) groups excluding carboxylic acids is 2. The molecule has 0 heterocycles. The van der Waals surface area contributed by atoms with Crippen molar-refractivity contribution in [1.82, 2.24) is 10.2 Å². The van der Waals surface area contributed by atoms with E-state index in [0.29, 0.717) is 11.5 Å². The minimum Gasteiger partial charge on any atom is -0.497 e. The van der Waals surface area contributed by atoms with Gasteiger partial charge in [-0.25, -0.2) is 8.42 Å². The first-order valence-electron chi connectivity index (χ1n) is 14.0. The van der Waals surface area contributed by atoms with Crippen LogP contribution in [0.1, 0.15) is 31.9 Å². The van der Waals surface area contributed by atoms with E-state index in [4.69, 9.17) is 18.9 Å². The lowest BCUT2D eigenvalue weighted by atomic mass is 10.1. The molecule has 0 aliphatic rings. The number of ether oxygens (including phenoxy) is 4. The molecule has 0 aromatic heterocycles. The molecule has 12 heteroatoms. The van der Waals surface area contributed by atoms with Crippen molar-refractivity contribution in [3.8, 4) is 23.0 Å². The second-order valence-corrected chi connectivity index (χ2v) is 12.3. The zero-order chi connectivity index (χ0) is 32.6. The lowest BCUT2D eigenvalue weighted by Crippen LogP contribution is -2.52. The molecule has 0 fully saturated rings. The molecule has 0 saturated heterocycles. The van der Waals surface area contributed by atoms with Crippen molar-refractivity contribution >= 4 is 27.5 Å². The van der Waals surface area contributed by atoms with E-state index in [-0.39, 0.29) is 40.6 Å². The molecule has 0 spiro atoms. The Bertz CT molecular complexity index is 1580. The van der Waals surface area contributed by atoms with Crippen LogP contribution in [0.3, 0.4) is 0 Å². The number of nitrogens with one attached hydrogen (secondary N) is 1. The normalized spacial score (nSPS) is 11.8. The van der Waals surface area contributed by atoms with Gasteiger partial charge in [0.05, 0.1) is 39.0 Å². The smallest absolute Gasteiger partial charge is 0.265 e. The standard InChI is InChI=1S/C32H41N3O8S/c1-21(2)33-32(37)23(4)34(19-24-11-9-10-22(3)16-24)31(36)20-35(27-17-25(40-5)12-14-28(27)41-6)44(38,39)26-13-15-29(42-7)30(18-26)43-8/h9-18,21,23H,19-20H2,1-8H3,(H,33,37)/t23-/m1/s1. The minimum atomic E-state index is -4.43.